The number of nitrogens with one attached hydrogen (secondary N) is 1. The number of halogens is 1. The zero-order valence-electron chi connectivity index (χ0n) is 20.0. The fourth-order valence-corrected chi connectivity index (χ4v) is 5.34. The highest BCUT2D eigenvalue weighted by atomic mass is 35.5. The second kappa shape index (κ2) is 10.9. The van der Waals surface area contributed by atoms with Crippen LogP contribution in [-0.4, -0.2) is 24.2 Å². The van der Waals surface area contributed by atoms with E-state index in [9.17, 15) is 14.9 Å². The van der Waals surface area contributed by atoms with Crippen LogP contribution in [-0.2, 0) is 16.0 Å². The number of benzene rings is 3. The molecule has 1 heterocycles. The van der Waals surface area contributed by atoms with Gasteiger partial charge < -0.3 is 10.1 Å². The Morgan fingerprint density at radius 1 is 1.11 bits per heavy atom. The summed E-state index contributed by atoms with van der Waals surface area (Å²) in [6.45, 7) is 3.94. The molecule has 6 nitrogen and oxygen atoms in total. The summed E-state index contributed by atoms with van der Waals surface area (Å²) in [6, 6.07) is 22.0. The number of anilines is 2. The van der Waals surface area contributed by atoms with Crippen LogP contribution in [0.4, 0.5) is 11.4 Å². The van der Waals surface area contributed by atoms with E-state index in [1.807, 2.05) is 62.4 Å². The lowest BCUT2D eigenvalue weighted by atomic mass is 10.1. The van der Waals surface area contributed by atoms with Crippen molar-refractivity contribution in [3.05, 3.63) is 99.0 Å². The Kier molecular flexibility index (Phi) is 7.68. The molecule has 1 aliphatic rings. The molecule has 4 rings (SSSR count). The summed E-state index contributed by atoms with van der Waals surface area (Å²) in [5.74, 6) is -0.127. The molecule has 0 saturated carbocycles. The maximum absolute atomic E-state index is 13.7. The first-order valence-corrected chi connectivity index (χ1v) is 12.5. The van der Waals surface area contributed by atoms with E-state index < -0.39 is 11.2 Å². The summed E-state index contributed by atoms with van der Waals surface area (Å²) in [5.41, 5.74) is 3.84. The number of para-hydroxylation sites is 1. The Labute approximate surface area is 219 Å². The van der Waals surface area contributed by atoms with Crippen LogP contribution in [0.15, 0.2) is 77.3 Å². The number of rotatable bonds is 6. The maximum Gasteiger partial charge on any atom is 0.269 e. The lowest BCUT2D eigenvalue weighted by molar-refractivity contribution is -0.117. The average Bonchev–Trinajstić information content (AvgIpc) is 3.18. The van der Waals surface area contributed by atoms with Gasteiger partial charge in [-0.2, -0.15) is 5.26 Å². The van der Waals surface area contributed by atoms with Gasteiger partial charge in [-0.05, 0) is 73.4 Å². The Morgan fingerprint density at radius 3 is 2.58 bits per heavy atom. The molecule has 2 amide bonds. The van der Waals surface area contributed by atoms with Crippen molar-refractivity contribution in [1.29, 1.82) is 5.26 Å². The zero-order chi connectivity index (χ0) is 25.8. The summed E-state index contributed by atoms with van der Waals surface area (Å²) in [7, 11) is 1.59. The average molecular weight is 518 g/mol. The normalized spacial score (nSPS) is 16.5. The fraction of sp³-hybridized carbons (Fsp3) is 0.179. The highest BCUT2D eigenvalue weighted by molar-refractivity contribution is 8.05. The van der Waals surface area contributed by atoms with Crippen molar-refractivity contribution >= 4 is 46.6 Å². The van der Waals surface area contributed by atoms with Gasteiger partial charge in [0.15, 0.2) is 0 Å². The summed E-state index contributed by atoms with van der Waals surface area (Å²) in [5, 5.41) is 12.9. The van der Waals surface area contributed by atoms with Crippen LogP contribution in [0.1, 0.15) is 16.7 Å². The quantitative estimate of drug-likeness (QED) is 0.319. The van der Waals surface area contributed by atoms with E-state index >= 15 is 0 Å². The molecular formula is C28H24ClN3O3S. The van der Waals surface area contributed by atoms with Gasteiger partial charge in [0.05, 0.1) is 23.1 Å². The minimum Gasteiger partial charge on any atom is -0.497 e. The predicted octanol–water partition coefficient (Wildman–Crippen LogP) is 6.03. The molecule has 1 fully saturated rings. The molecule has 0 bridgehead atoms. The van der Waals surface area contributed by atoms with Crippen molar-refractivity contribution in [2.45, 2.75) is 25.5 Å². The van der Waals surface area contributed by atoms with Gasteiger partial charge in [0.1, 0.15) is 22.4 Å². The monoisotopic (exact) mass is 517 g/mol. The van der Waals surface area contributed by atoms with Crippen LogP contribution in [0.3, 0.4) is 0 Å². The van der Waals surface area contributed by atoms with Crippen LogP contribution in [0.5, 0.6) is 5.75 Å². The maximum atomic E-state index is 13.7. The molecule has 1 N–H and O–H groups in total. The van der Waals surface area contributed by atoms with E-state index in [4.69, 9.17) is 16.3 Å². The highest BCUT2D eigenvalue weighted by Crippen LogP contribution is 2.42. The molecule has 3 aromatic carbocycles. The van der Waals surface area contributed by atoms with E-state index in [0.717, 1.165) is 16.7 Å². The number of ether oxygens (including phenoxy) is 1. The topological polar surface area (TPSA) is 82.4 Å². The van der Waals surface area contributed by atoms with Gasteiger partial charge in [-0.15, -0.1) is 0 Å². The third-order valence-corrected chi connectivity index (χ3v) is 7.52. The van der Waals surface area contributed by atoms with Crippen molar-refractivity contribution < 1.29 is 14.3 Å². The lowest BCUT2D eigenvalue weighted by Gasteiger charge is -2.20. The first kappa shape index (κ1) is 25.4. The van der Waals surface area contributed by atoms with Gasteiger partial charge in [-0.25, -0.2) is 0 Å². The van der Waals surface area contributed by atoms with E-state index in [1.54, 1.807) is 31.4 Å². The Balaban J connectivity index is 1.76. The van der Waals surface area contributed by atoms with Crippen molar-refractivity contribution in [2.75, 3.05) is 17.3 Å². The van der Waals surface area contributed by atoms with Crippen molar-refractivity contribution in [1.82, 2.24) is 0 Å². The highest BCUT2D eigenvalue weighted by Gasteiger charge is 2.41. The standard InChI is InChI=1S/C28H24ClN3O3S/c1-17-11-12-20(13-18(17)2)32-27(34)25(15-19-7-6-8-21(14-19)35-3)36-28(32)22(16-30)26(33)31-24-10-5-4-9-23(24)29/h4-14,25H,15H2,1-3H3,(H,31,33)/b28-22+/t25-/m0/s1. The Morgan fingerprint density at radius 2 is 1.89 bits per heavy atom. The number of thioether (sulfide) groups is 1. The van der Waals surface area contributed by atoms with E-state index in [2.05, 4.69) is 5.32 Å². The van der Waals surface area contributed by atoms with Crippen LogP contribution < -0.4 is 15.0 Å². The molecule has 1 saturated heterocycles. The molecule has 0 unspecified atom stereocenters. The van der Waals surface area contributed by atoms with Gasteiger partial charge in [-0.1, -0.05) is 53.7 Å². The van der Waals surface area contributed by atoms with Crippen LogP contribution >= 0.6 is 23.4 Å². The van der Waals surface area contributed by atoms with Gasteiger partial charge >= 0.3 is 0 Å². The second-order valence-electron chi connectivity index (χ2n) is 8.33. The van der Waals surface area contributed by atoms with Crippen molar-refractivity contribution in [3.8, 4) is 11.8 Å². The molecule has 8 heteroatoms. The molecule has 0 spiro atoms. The van der Waals surface area contributed by atoms with Gasteiger partial charge in [-0.3, -0.25) is 14.5 Å². The van der Waals surface area contributed by atoms with Crippen molar-refractivity contribution in [3.63, 3.8) is 0 Å². The minimum absolute atomic E-state index is 0.153. The molecule has 1 atom stereocenters. The number of nitrogens with zero attached hydrogens (tertiary/aromatic N) is 2. The van der Waals surface area contributed by atoms with Crippen LogP contribution in [0, 0.1) is 25.2 Å². The Bertz CT molecular complexity index is 1410. The number of carbonyl (C=O) groups excluding carboxylic acids is 2. The molecule has 0 aromatic heterocycles. The molecule has 182 valence electrons. The SMILES string of the molecule is COc1cccc(C[C@@H]2S/C(=C(\C#N)C(=O)Nc3ccccc3Cl)N(c3ccc(C)c(C)c3)C2=O)c1. The number of methoxy groups -OCH3 is 1. The van der Waals surface area contributed by atoms with Gasteiger partial charge in [0, 0.05) is 5.69 Å². The summed E-state index contributed by atoms with van der Waals surface area (Å²) < 4.78 is 5.32. The van der Waals surface area contributed by atoms with Gasteiger partial charge in [0.2, 0.25) is 5.91 Å². The second-order valence-corrected chi connectivity index (χ2v) is 9.93. The number of amides is 2. The number of nitriles is 1. The smallest absolute Gasteiger partial charge is 0.269 e. The predicted molar refractivity (Wildman–Crippen MR) is 144 cm³/mol. The largest absolute Gasteiger partial charge is 0.497 e. The van der Waals surface area contributed by atoms with E-state index in [1.165, 1.54) is 16.7 Å². The molecule has 3 aromatic rings. The number of carbonyl (C=O) groups is 2. The zero-order valence-corrected chi connectivity index (χ0v) is 21.6. The molecule has 0 radical (unpaired) electrons. The summed E-state index contributed by atoms with van der Waals surface area (Å²) >= 11 is 7.42. The molecule has 36 heavy (non-hydrogen) atoms. The molecule has 0 aliphatic carbocycles. The summed E-state index contributed by atoms with van der Waals surface area (Å²) in [4.78, 5) is 28.4. The first-order chi connectivity index (χ1) is 17.3. The number of aryl methyl sites for hydroxylation is 2. The lowest BCUT2D eigenvalue weighted by Crippen LogP contribution is -2.31. The summed E-state index contributed by atoms with van der Waals surface area (Å²) in [6.07, 6.45) is 0.413. The third-order valence-electron chi connectivity index (χ3n) is 5.93. The van der Waals surface area contributed by atoms with Gasteiger partial charge in [0.25, 0.3) is 5.91 Å². The Hall–Kier alpha value is -3.73. The van der Waals surface area contributed by atoms with Crippen molar-refractivity contribution in [2.24, 2.45) is 0 Å². The molecular weight excluding hydrogens is 494 g/mol. The van der Waals surface area contributed by atoms with Crippen LogP contribution in [0.2, 0.25) is 5.02 Å². The van der Waals surface area contributed by atoms with E-state index in [-0.39, 0.29) is 11.5 Å². The molecule has 1 aliphatic heterocycles. The van der Waals surface area contributed by atoms with E-state index in [0.29, 0.717) is 33.6 Å². The minimum atomic E-state index is -0.628. The number of hydrogen-bond acceptors (Lipinski definition) is 5. The fourth-order valence-electron chi connectivity index (χ4n) is 3.85. The first-order valence-electron chi connectivity index (χ1n) is 11.2. The number of hydrogen-bond donors (Lipinski definition) is 1. The third kappa shape index (κ3) is 5.25. The van der Waals surface area contributed by atoms with Crippen LogP contribution in [0.25, 0.3) is 0 Å².